The van der Waals surface area contributed by atoms with Crippen LogP contribution in [0.3, 0.4) is 0 Å². The molecular weight excluding hydrogens is 865 g/mol. The van der Waals surface area contributed by atoms with E-state index in [-0.39, 0.29) is 32.6 Å². The molecular formula is C39H48Cl3N7O12. The Morgan fingerprint density at radius 2 is 1.44 bits per heavy atom. The highest BCUT2D eigenvalue weighted by molar-refractivity contribution is 6.67. The Bertz CT molecular complexity index is 1890. The maximum absolute atomic E-state index is 15.2. The van der Waals surface area contributed by atoms with Crippen LogP contribution in [-0.2, 0) is 61.0 Å². The number of hydroxylamine groups is 2. The number of hydrogen-bond acceptors (Lipinski definition) is 12. The zero-order valence-electron chi connectivity index (χ0n) is 33.9. The summed E-state index contributed by atoms with van der Waals surface area (Å²) in [5.41, 5.74) is 1.20. The summed E-state index contributed by atoms with van der Waals surface area (Å²) in [6, 6.07) is 13.7. The third kappa shape index (κ3) is 14.7. The van der Waals surface area contributed by atoms with Crippen molar-refractivity contribution in [3.8, 4) is 0 Å². The van der Waals surface area contributed by atoms with Crippen molar-refractivity contribution in [1.29, 1.82) is 0 Å². The van der Waals surface area contributed by atoms with Gasteiger partial charge in [-0.25, -0.2) is 24.7 Å². The van der Waals surface area contributed by atoms with Crippen LogP contribution >= 0.6 is 34.8 Å². The summed E-state index contributed by atoms with van der Waals surface area (Å²) < 4.78 is 14.4. The highest BCUT2D eigenvalue weighted by atomic mass is 35.6. The molecule has 0 radical (unpaired) electrons. The first kappa shape index (κ1) is 48.3. The van der Waals surface area contributed by atoms with Crippen molar-refractivity contribution >= 4 is 82.5 Å². The number of nitrogens with one attached hydrogen (secondary N) is 2. The van der Waals surface area contributed by atoms with E-state index < -0.39 is 108 Å². The van der Waals surface area contributed by atoms with Gasteiger partial charge in [-0.2, -0.15) is 0 Å². The predicted octanol–water partition coefficient (Wildman–Crippen LogP) is 2.57. The molecule has 0 unspecified atom stereocenters. The van der Waals surface area contributed by atoms with Gasteiger partial charge in [-0.1, -0.05) is 109 Å². The molecule has 22 heteroatoms. The van der Waals surface area contributed by atoms with E-state index in [1.165, 1.54) is 14.1 Å². The van der Waals surface area contributed by atoms with Crippen molar-refractivity contribution in [2.45, 2.75) is 61.9 Å². The predicted molar refractivity (Wildman–Crippen MR) is 218 cm³/mol. The van der Waals surface area contributed by atoms with E-state index in [4.69, 9.17) is 53.9 Å². The lowest BCUT2D eigenvalue weighted by Gasteiger charge is -2.45. The van der Waals surface area contributed by atoms with E-state index in [0.717, 1.165) is 24.9 Å². The minimum absolute atomic E-state index is 0.103. The summed E-state index contributed by atoms with van der Waals surface area (Å²) >= 11 is 17.4. The summed E-state index contributed by atoms with van der Waals surface area (Å²) in [5, 5.41) is 7.11. The Labute approximate surface area is 367 Å². The number of amides is 7. The Morgan fingerprint density at radius 3 is 2.05 bits per heavy atom. The number of ether oxygens (including phenoxy) is 3. The van der Waals surface area contributed by atoms with Gasteiger partial charge in [-0.3, -0.25) is 33.6 Å². The maximum Gasteiger partial charge on any atom is 0.429 e. The first-order valence-corrected chi connectivity index (χ1v) is 20.2. The molecule has 2 aromatic rings. The molecule has 0 spiro atoms. The second-order valence-electron chi connectivity index (χ2n) is 14.4. The van der Waals surface area contributed by atoms with Gasteiger partial charge in [-0.05, 0) is 29.9 Å². The number of alkyl halides is 3. The van der Waals surface area contributed by atoms with Crippen LogP contribution in [0, 0.1) is 5.92 Å². The molecule has 61 heavy (non-hydrogen) atoms. The first-order valence-electron chi connectivity index (χ1n) is 19.1. The van der Waals surface area contributed by atoms with E-state index >= 15 is 4.79 Å². The summed E-state index contributed by atoms with van der Waals surface area (Å²) in [4.78, 5) is 118. The number of hydrogen-bond donors (Lipinski definition) is 2. The van der Waals surface area contributed by atoms with Gasteiger partial charge in [0.15, 0.2) is 6.04 Å². The monoisotopic (exact) mass is 911 g/mol. The van der Waals surface area contributed by atoms with Crippen molar-refractivity contribution in [3.05, 3.63) is 71.8 Å². The molecule has 2 saturated heterocycles. The molecule has 2 fully saturated rings. The van der Waals surface area contributed by atoms with Gasteiger partial charge in [0.05, 0.1) is 13.1 Å². The normalized spacial score (nSPS) is 20.6. The molecule has 0 aliphatic carbocycles. The summed E-state index contributed by atoms with van der Waals surface area (Å²) in [6.45, 7) is -0.852. The van der Waals surface area contributed by atoms with Crippen LogP contribution in [0.25, 0.3) is 0 Å². The van der Waals surface area contributed by atoms with Gasteiger partial charge in [0.25, 0.3) is 11.8 Å². The Balaban J connectivity index is 1.86. The smallest absolute Gasteiger partial charge is 0.429 e. The number of benzene rings is 2. The molecule has 4 rings (SSSR count). The van der Waals surface area contributed by atoms with E-state index in [0.29, 0.717) is 11.1 Å². The molecule has 0 bridgehead atoms. The van der Waals surface area contributed by atoms with Gasteiger partial charge in [0.1, 0.15) is 45.1 Å². The SMILES string of the molecule is CC(C)[C@@H]1OC(=O)CN(C)C(=O)CNC(=O)CN(C)C(=O)CN(OCc2ccccc2)C(=O)[C@H]2CCCN(C(=O)OCc3ccccc3)N2C(=O)[C@H]1NC(=O)OCC(Cl)(Cl)Cl. The fourth-order valence-electron chi connectivity index (χ4n) is 6.10. The number of carbonyl (C=O) groups excluding carboxylic acids is 8. The van der Waals surface area contributed by atoms with Gasteiger partial charge >= 0.3 is 18.2 Å². The average molecular weight is 913 g/mol. The Hall–Kier alpha value is -5.37. The lowest BCUT2D eigenvalue weighted by molar-refractivity contribution is -0.208. The molecule has 3 atom stereocenters. The second kappa shape index (κ2) is 22.5. The molecule has 2 heterocycles. The fraction of sp³-hybridized carbons (Fsp3) is 0.487. The number of halogens is 3. The van der Waals surface area contributed by atoms with E-state index in [1.54, 1.807) is 74.5 Å². The quantitative estimate of drug-likeness (QED) is 0.222. The van der Waals surface area contributed by atoms with E-state index in [9.17, 15) is 33.6 Å². The van der Waals surface area contributed by atoms with Crippen LogP contribution in [0.4, 0.5) is 9.59 Å². The molecule has 0 saturated carbocycles. The third-order valence-corrected chi connectivity index (χ3v) is 9.61. The number of cyclic esters (lactones) is 1. The molecule has 2 aliphatic rings. The topological polar surface area (TPSA) is 214 Å². The molecule has 2 aromatic carbocycles. The maximum atomic E-state index is 15.2. The molecule has 7 amide bonds. The minimum Gasteiger partial charge on any atom is -0.458 e. The van der Waals surface area contributed by atoms with Crippen LogP contribution < -0.4 is 10.6 Å². The van der Waals surface area contributed by atoms with Gasteiger partial charge in [0, 0.05) is 20.6 Å². The highest BCUT2D eigenvalue weighted by Crippen LogP contribution is 2.28. The number of likely N-dealkylation sites (N-methyl/N-ethyl adjacent to an activating group) is 2. The number of rotatable bonds is 8. The molecule has 19 nitrogen and oxygen atoms in total. The molecule has 2 aliphatic heterocycles. The summed E-state index contributed by atoms with van der Waals surface area (Å²) in [6.07, 6.45) is -3.91. The van der Waals surface area contributed by atoms with Gasteiger partial charge in [-0.15, -0.1) is 0 Å². The van der Waals surface area contributed by atoms with Crippen LogP contribution in [0.15, 0.2) is 60.7 Å². The van der Waals surface area contributed by atoms with Crippen molar-refractivity contribution in [2.24, 2.45) is 5.92 Å². The van der Waals surface area contributed by atoms with Crippen molar-refractivity contribution < 1.29 is 57.4 Å². The van der Waals surface area contributed by atoms with Gasteiger partial charge < -0.3 is 34.6 Å². The first-order chi connectivity index (χ1) is 28.8. The van der Waals surface area contributed by atoms with Crippen LogP contribution in [-0.4, -0.2) is 148 Å². The second-order valence-corrected chi connectivity index (χ2v) is 16.9. The third-order valence-electron chi connectivity index (χ3n) is 9.28. The zero-order chi connectivity index (χ0) is 44.9. The number of fused-ring (bicyclic) bond motifs is 1. The number of alkyl carbamates (subject to hydrolysis) is 1. The number of carbonyl (C=O) groups is 8. The van der Waals surface area contributed by atoms with E-state index in [2.05, 4.69) is 10.6 Å². The lowest BCUT2D eigenvalue weighted by atomic mass is 9.96. The van der Waals surface area contributed by atoms with Gasteiger partial charge in [0.2, 0.25) is 21.5 Å². The van der Waals surface area contributed by atoms with Crippen LogP contribution in [0.5, 0.6) is 0 Å². The average Bonchev–Trinajstić information content (AvgIpc) is 3.22. The number of nitrogens with zero attached hydrogens (tertiary/aromatic N) is 5. The summed E-state index contributed by atoms with van der Waals surface area (Å²) in [5.74, 6) is -6.17. The zero-order valence-corrected chi connectivity index (χ0v) is 36.2. The van der Waals surface area contributed by atoms with Crippen molar-refractivity contribution in [2.75, 3.05) is 53.4 Å². The Kier molecular flexibility index (Phi) is 17.8. The largest absolute Gasteiger partial charge is 0.458 e. The standard InChI is InChI=1S/C39H48Cl3N7O12/c1-25(2)34-33(44-37(56)59-24-39(40,41)42)36(55)49-28(16-11-17-47(49)38(57)58-22-26-12-7-5-8-13-26)35(54)48(60-23-27-14-9-6-10-15-27)20-31(52)45(3)19-29(50)43-18-30(51)46(4)21-32(53)61-34/h5-10,12-15,25,28,33-34H,11,16-24H2,1-4H3,(H,43,50)(H,44,56)/t28-,33+,34+/m1/s1. The lowest BCUT2D eigenvalue weighted by Crippen LogP contribution is -2.68. The van der Waals surface area contributed by atoms with Crippen molar-refractivity contribution in [3.63, 3.8) is 0 Å². The molecule has 2 N–H and O–H groups in total. The van der Waals surface area contributed by atoms with Crippen LogP contribution in [0.2, 0.25) is 0 Å². The fourth-order valence-corrected chi connectivity index (χ4v) is 6.27. The molecule has 0 aromatic heterocycles. The summed E-state index contributed by atoms with van der Waals surface area (Å²) in [7, 11) is 2.55. The highest BCUT2D eigenvalue weighted by Gasteiger charge is 2.48. The Morgan fingerprint density at radius 1 is 0.836 bits per heavy atom. The van der Waals surface area contributed by atoms with E-state index in [1.807, 2.05) is 0 Å². The number of esters is 1. The van der Waals surface area contributed by atoms with Crippen molar-refractivity contribution in [1.82, 2.24) is 35.5 Å². The molecule has 332 valence electrons. The van der Waals surface area contributed by atoms with Crippen LogP contribution in [0.1, 0.15) is 37.8 Å². The number of hydrazine groups is 1. The minimum atomic E-state index is -2.07.